The second-order valence-electron chi connectivity index (χ2n) is 7.13. The molecule has 2 saturated heterocycles. The summed E-state index contributed by atoms with van der Waals surface area (Å²) >= 11 is 1.78. The largest absolute Gasteiger partial charge is 0.490 e. The maximum atomic E-state index is 12.2. The first-order valence-electron chi connectivity index (χ1n) is 9.08. The fraction of sp³-hybridized carbons (Fsp3) is 0.706. The summed E-state index contributed by atoms with van der Waals surface area (Å²) in [7, 11) is -3.14. The zero-order valence-corrected chi connectivity index (χ0v) is 17.7. The molecule has 1 aromatic heterocycles. The lowest BCUT2D eigenvalue weighted by Crippen LogP contribution is -2.43. The monoisotopic (exact) mass is 458 g/mol. The molecule has 0 bridgehead atoms. The molecule has 2 fully saturated rings. The quantitative estimate of drug-likeness (QED) is 0.745. The third kappa shape index (κ3) is 6.92. The van der Waals surface area contributed by atoms with Crippen molar-refractivity contribution in [2.24, 2.45) is 5.41 Å². The van der Waals surface area contributed by atoms with Crippen LogP contribution in [0, 0.1) is 5.41 Å². The maximum Gasteiger partial charge on any atom is 0.490 e. The molecular weight excluding hydrogens is 433 g/mol. The number of carbonyl (C=O) groups is 1. The number of nitrogens with zero attached hydrogens (tertiary/aromatic N) is 2. The van der Waals surface area contributed by atoms with Crippen LogP contribution in [-0.4, -0.2) is 80.0 Å². The molecule has 0 saturated carbocycles. The fourth-order valence-electron chi connectivity index (χ4n) is 3.41. The summed E-state index contributed by atoms with van der Waals surface area (Å²) in [5, 5.41) is 9.23. The number of sulfonamides is 1. The van der Waals surface area contributed by atoms with Gasteiger partial charge in [-0.15, -0.1) is 11.3 Å². The Bertz CT molecular complexity index is 771. The molecule has 1 spiro atoms. The van der Waals surface area contributed by atoms with Crippen LogP contribution in [0.4, 0.5) is 13.2 Å². The number of carboxylic acid groups (broad SMARTS) is 1. The second kappa shape index (κ2) is 9.73. The van der Waals surface area contributed by atoms with Gasteiger partial charge in [-0.25, -0.2) is 13.2 Å². The molecule has 1 atom stereocenters. The number of alkyl halides is 3. The molecule has 3 heterocycles. The number of rotatable bonds is 4. The lowest BCUT2D eigenvalue weighted by atomic mass is 9.88. The van der Waals surface area contributed by atoms with Gasteiger partial charge in [0.15, 0.2) is 0 Å². The van der Waals surface area contributed by atoms with E-state index in [0.29, 0.717) is 26.3 Å². The normalized spacial score (nSPS) is 24.1. The molecule has 29 heavy (non-hydrogen) atoms. The molecular formula is C17H25F3N2O5S2. The molecule has 2 aliphatic heterocycles. The summed E-state index contributed by atoms with van der Waals surface area (Å²) < 4.78 is 63.6. The molecule has 0 radical (unpaired) electrons. The summed E-state index contributed by atoms with van der Waals surface area (Å²) in [6.45, 7) is 6.87. The van der Waals surface area contributed by atoms with Gasteiger partial charge in [0, 0.05) is 36.5 Å². The first-order chi connectivity index (χ1) is 13.5. The third-order valence-electron chi connectivity index (χ3n) is 4.88. The van der Waals surface area contributed by atoms with Gasteiger partial charge < -0.3 is 9.84 Å². The van der Waals surface area contributed by atoms with Gasteiger partial charge in [0.1, 0.15) is 0 Å². The van der Waals surface area contributed by atoms with Crippen molar-refractivity contribution in [2.45, 2.75) is 26.1 Å². The lowest BCUT2D eigenvalue weighted by Gasteiger charge is -2.31. The van der Waals surface area contributed by atoms with E-state index in [-0.39, 0.29) is 11.2 Å². The predicted octanol–water partition coefficient (Wildman–Crippen LogP) is 2.26. The van der Waals surface area contributed by atoms with Gasteiger partial charge in [0.2, 0.25) is 10.0 Å². The number of carboxylic acids is 1. The Kier molecular flexibility index (Phi) is 8.08. The van der Waals surface area contributed by atoms with Crippen LogP contribution >= 0.6 is 11.3 Å². The highest BCUT2D eigenvalue weighted by Crippen LogP contribution is 2.35. The molecule has 0 aliphatic carbocycles. The van der Waals surface area contributed by atoms with E-state index in [0.717, 1.165) is 26.1 Å². The molecule has 12 heteroatoms. The average Bonchev–Trinajstić information content (AvgIpc) is 3.22. The van der Waals surface area contributed by atoms with E-state index in [2.05, 4.69) is 22.4 Å². The van der Waals surface area contributed by atoms with Gasteiger partial charge in [-0.3, -0.25) is 4.90 Å². The van der Waals surface area contributed by atoms with Crippen LogP contribution in [0.3, 0.4) is 0 Å². The third-order valence-corrected chi connectivity index (χ3v) is 7.57. The Balaban J connectivity index is 0.000000370. The summed E-state index contributed by atoms with van der Waals surface area (Å²) in [6.07, 6.45) is -4.08. The van der Waals surface area contributed by atoms with Gasteiger partial charge in [0.25, 0.3) is 0 Å². The van der Waals surface area contributed by atoms with Crippen molar-refractivity contribution in [1.29, 1.82) is 0 Å². The Morgan fingerprint density at radius 2 is 2.03 bits per heavy atom. The molecule has 0 amide bonds. The van der Waals surface area contributed by atoms with Crippen LogP contribution < -0.4 is 0 Å². The molecule has 1 aromatic rings. The van der Waals surface area contributed by atoms with Gasteiger partial charge in [0.05, 0.1) is 19.0 Å². The first kappa shape index (κ1) is 24.1. The van der Waals surface area contributed by atoms with Gasteiger partial charge >= 0.3 is 12.1 Å². The zero-order valence-electron chi connectivity index (χ0n) is 16.0. The topological polar surface area (TPSA) is 87.2 Å². The van der Waals surface area contributed by atoms with Crippen LogP contribution in [0.1, 0.15) is 18.2 Å². The van der Waals surface area contributed by atoms with E-state index in [1.54, 1.807) is 22.6 Å². The van der Waals surface area contributed by atoms with E-state index in [9.17, 15) is 21.6 Å². The summed E-state index contributed by atoms with van der Waals surface area (Å²) in [5.41, 5.74) is -0.0456. The van der Waals surface area contributed by atoms with Crippen molar-refractivity contribution in [3.8, 4) is 0 Å². The number of thiophene rings is 1. The van der Waals surface area contributed by atoms with Crippen molar-refractivity contribution in [3.05, 3.63) is 22.4 Å². The van der Waals surface area contributed by atoms with E-state index < -0.39 is 22.2 Å². The molecule has 7 nitrogen and oxygen atoms in total. The van der Waals surface area contributed by atoms with Crippen LogP contribution in [0.2, 0.25) is 0 Å². The molecule has 0 aromatic carbocycles. The van der Waals surface area contributed by atoms with Crippen molar-refractivity contribution < 1.29 is 36.2 Å². The molecule has 1 N–H and O–H groups in total. The van der Waals surface area contributed by atoms with E-state index in [1.807, 2.05) is 0 Å². The number of hydrogen-bond acceptors (Lipinski definition) is 6. The fourth-order valence-corrected chi connectivity index (χ4v) is 5.34. The zero-order chi connectivity index (χ0) is 21.7. The van der Waals surface area contributed by atoms with E-state index in [4.69, 9.17) is 14.6 Å². The van der Waals surface area contributed by atoms with Crippen LogP contribution in [0.5, 0.6) is 0 Å². The number of likely N-dealkylation sites (tertiary alicyclic amines) is 1. The van der Waals surface area contributed by atoms with Crippen LogP contribution in [0.15, 0.2) is 17.5 Å². The van der Waals surface area contributed by atoms with Gasteiger partial charge in [-0.2, -0.15) is 17.5 Å². The molecule has 166 valence electrons. The Hall–Kier alpha value is -1.21. The number of halogens is 3. The van der Waals surface area contributed by atoms with Crippen molar-refractivity contribution in [2.75, 3.05) is 45.1 Å². The van der Waals surface area contributed by atoms with Gasteiger partial charge in [-0.05, 0) is 31.3 Å². The van der Waals surface area contributed by atoms with E-state index >= 15 is 0 Å². The van der Waals surface area contributed by atoms with Crippen molar-refractivity contribution in [1.82, 2.24) is 9.21 Å². The summed E-state index contributed by atoms with van der Waals surface area (Å²) in [4.78, 5) is 12.7. The highest BCUT2D eigenvalue weighted by Gasteiger charge is 2.43. The minimum Gasteiger partial charge on any atom is -0.475 e. The Labute approximate surface area is 172 Å². The molecule has 3 rings (SSSR count). The number of aliphatic carboxylic acids is 1. The molecule has 2 aliphatic rings. The van der Waals surface area contributed by atoms with Crippen molar-refractivity contribution in [3.63, 3.8) is 0 Å². The average molecular weight is 459 g/mol. The van der Waals surface area contributed by atoms with Crippen LogP contribution in [0.25, 0.3) is 0 Å². The van der Waals surface area contributed by atoms with Crippen molar-refractivity contribution >= 4 is 27.3 Å². The van der Waals surface area contributed by atoms with Gasteiger partial charge in [-0.1, -0.05) is 6.07 Å². The predicted molar refractivity (Wildman–Crippen MR) is 102 cm³/mol. The first-order valence-corrected chi connectivity index (χ1v) is 11.6. The minimum atomic E-state index is -5.08. The Morgan fingerprint density at radius 3 is 2.59 bits per heavy atom. The van der Waals surface area contributed by atoms with E-state index in [1.165, 1.54) is 4.88 Å². The lowest BCUT2D eigenvalue weighted by molar-refractivity contribution is -0.192. The summed E-state index contributed by atoms with van der Waals surface area (Å²) in [5.74, 6) is -2.59. The highest BCUT2D eigenvalue weighted by molar-refractivity contribution is 7.89. The highest BCUT2D eigenvalue weighted by atomic mass is 32.2. The second-order valence-corrected chi connectivity index (χ2v) is 10.4. The SMILES string of the molecule is CCS(=O)(=O)N1CCOCC2(CCN(Cc3cccs3)C2)C1.O=C(O)C(F)(F)F. The molecule has 1 unspecified atom stereocenters. The number of hydrogen-bond donors (Lipinski definition) is 1. The smallest absolute Gasteiger partial charge is 0.475 e. The minimum absolute atomic E-state index is 0.0456. The number of ether oxygens (including phenoxy) is 1. The Morgan fingerprint density at radius 1 is 1.34 bits per heavy atom. The summed E-state index contributed by atoms with van der Waals surface area (Å²) in [6, 6.07) is 4.24. The standard InChI is InChI=1S/C15H24N2O3S2.C2HF3O2/c1-2-22(18,19)17-7-8-20-13-15(12-17)5-6-16(11-15)10-14-4-3-9-21-14;3-2(4,5)1(6)7/h3-4,9H,2,5-8,10-13H2,1H3;(H,6,7). The van der Waals surface area contributed by atoms with Crippen LogP contribution in [-0.2, 0) is 26.1 Å². The maximum absolute atomic E-state index is 12.2.